The topological polar surface area (TPSA) is 54.3 Å². The smallest absolute Gasteiger partial charge is 0.271 e. The second-order valence-electron chi connectivity index (χ2n) is 8.02. The van der Waals surface area contributed by atoms with E-state index in [1.165, 1.54) is 42.1 Å². The number of likely N-dealkylation sites (tertiary alicyclic amines) is 1. The number of carbonyl (C=O) groups excluding carboxylic acids is 1. The van der Waals surface area contributed by atoms with E-state index in [-0.39, 0.29) is 44.6 Å². The summed E-state index contributed by atoms with van der Waals surface area (Å²) < 4.78 is 28.8. The average molecular weight is 492 g/mol. The summed E-state index contributed by atoms with van der Waals surface area (Å²) in [5, 5.41) is 2.81. The number of piperidine rings is 1. The number of hydrogen-bond acceptors (Lipinski definition) is 3. The van der Waals surface area contributed by atoms with Crippen LogP contribution in [0.3, 0.4) is 0 Å². The van der Waals surface area contributed by atoms with Crippen LogP contribution in [0.15, 0.2) is 53.5 Å². The second kappa shape index (κ2) is 9.53. The van der Waals surface area contributed by atoms with E-state index in [9.17, 15) is 18.4 Å². The van der Waals surface area contributed by atoms with Crippen molar-refractivity contribution in [3.63, 3.8) is 0 Å². The fourth-order valence-electron chi connectivity index (χ4n) is 4.03. The lowest BCUT2D eigenvalue weighted by atomic mass is 9.89. The van der Waals surface area contributed by atoms with Crippen molar-refractivity contribution in [2.24, 2.45) is 7.05 Å². The van der Waals surface area contributed by atoms with E-state index in [1.54, 1.807) is 17.0 Å². The number of carbonyl (C=O) groups is 1. The second-order valence-corrected chi connectivity index (χ2v) is 8.83. The number of nitrogens with zero attached hydrogens (tertiary/aromatic N) is 2. The van der Waals surface area contributed by atoms with Gasteiger partial charge in [0.25, 0.3) is 11.5 Å². The first-order chi connectivity index (χ1) is 15.7. The third-order valence-corrected chi connectivity index (χ3v) is 6.45. The van der Waals surface area contributed by atoms with Crippen molar-refractivity contribution >= 4 is 40.5 Å². The molecule has 0 bridgehead atoms. The third kappa shape index (κ3) is 4.89. The fraction of sp³-hybridized carbons (Fsp3) is 0.250. The van der Waals surface area contributed by atoms with Crippen molar-refractivity contribution < 1.29 is 13.6 Å². The van der Waals surface area contributed by atoms with Gasteiger partial charge in [-0.15, -0.1) is 0 Å². The summed E-state index contributed by atoms with van der Waals surface area (Å²) in [5.41, 5.74) is 0.774. The lowest BCUT2D eigenvalue weighted by Gasteiger charge is -2.33. The minimum absolute atomic E-state index is 0.0404. The molecular formula is C24H21Cl2F2N3O2. The molecule has 3 aromatic rings. The Hall–Kier alpha value is -2.90. The number of nitrogens with one attached hydrogen (secondary N) is 1. The van der Waals surface area contributed by atoms with Crippen LogP contribution in [0.25, 0.3) is 0 Å². The molecule has 0 radical (unpaired) electrons. The van der Waals surface area contributed by atoms with Crippen LogP contribution in [0.5, 0.6) is 0 Å². The zero-order valence-corrected chi connectivity index (χ0v) is 19.3. The average Bonchev–Trinajstić information content (AvgIpc) is 2.81. The fourth-order valence-corrected chi connectivity index (χ4v) is 4.47. The van der Waals surface area contributed by atoms with E-state index in [0.717, 1.165) is 11.6 Å². The quantitative estimate of drug-likeness (QED) is 0.506. The first-order valence-electron chi connectivity index (χ1n) is 10.4. The van der Waals surface area contributed by atoms with Crippen LogP contribution in [0.2, 0.25) is 10.0 Å². The predicted octanol–water partition coefficient (Wildman–Crippen LogP) is 5.73. The van der Waals surface area contributed by atoms with Gasteiger partial charge in [0.2, 0.25) is 0 Å². The Morgan fingerprint density at radius 1 is 1.06 bits per heavy atom. The van der Waals surface area contributed by atoms with Gasteiger partial charge in [-0.25, -0.2) is 8.78 Å². The lowest BCUT2D eigenvalue weighted by Crippen LogP contribution is -2.39. The Kier molecular flexibility index (Phi) is 6.72. The van der Waals surface area contributed by atoms with E-state index < -0.39 is 11.4 Å². The summed E-state index contributed by atoms with van der Waals surface area (Å²) in [5.74, 6) is -1.02. The molecular weight excluding hydrogens is 471 g/mol. The standard InChI is InChI=1S/C24H21Cl2F2N3O2/c1-30-13-18(22(21(26)24(30)33)29-20-7-4-16(25)12-19(20)28)23(32)31-10-8-15(9-11-31)14-2-5-17(27)6-3-14/h2-7,12-13,15,29H,8-11H2,1H3. The molecule has 2 heterocycles. The normalized spacial score (nSPS) is 14.4. The molecule has 4 rings (SSSR count). The number of aromatic nitrogens is 1. The zero-order chi connectivity index (χ0) is 23.7. The molecule has 9 heteroatoms. The van der Waals surface area contributed by atoms with Crippen molar-refractivity contribution in [2.45, 2.75) is 18.8 Å². The van der Waals surface area contributed by atoms with Crippen molar-refractivity contribution in [3.05, 3.63) is 91.8 Å². The van der Waals surface area contributed by atoms with Gasteiger partial charge in [0, 0.05) is 31.4 Å². The van der Waals surface area contributed by atoms with Crippen LogP contribution >= 0.6 is 23.2 Å². The van der Waals surface area contributed by atoms with Crippen molar-refractivity contribution in [1.29, 1.82) is 0 Å². The Bertz CT molecular complexity index is 1250. The van der Waals surface area contributed by atoms with Crippen LogP contribution < -0.4 is 10.9 Å². The molecule has 1 aromatic heterocycles. The number of anilines is 2. The van der Waals surface area contributed by atoms with Gasteiger partial charge in [-0.1, -0.05) is 35.3 Å². The molecule has 1 aliphatic rings. The van der Waals surface area contributed by atoms with E-state index >= 15 is 0 Å². The number of amides is 1. The van der Waals surface area contributed by atoms with Crippen molar-refractivity contribution in [1.82, 2.24) is 9.47 Å². The minimum Gasteiger partial charge on any atom is -0.351 e. The van der Waals surface area contributed by atoms with Crippen molar-refractivity contribution in [3.8, 4) is 0 Å². The maximum atomic E-state index is 14.4. The Morgan fingerprint density at radius 2 is 1.73 bits per heavy atom. The van der Waals surface area contributed by atoms with Gasteiger partial charge >= 0.3 is 0 Å². The SMILES string of the molecule is Cn1cc(C(=O)N2CCC(c3ccc(F)cc3)CC2)c(Nc2ccc(Cl)cc2F)c(Cl)c1=O. The lowest BCUT2D eigenvalue weighted by molar-refractivity contribution is 0.0713. The van der Waals surface area contributed by atoms with Gasteiger partial charge in [0.15, 0.2) is 0 Å². The molecule has 1 aliphatic heterocycles. The molecule has 0 aliphatic carbocycles. The van der Waals surface area contributed by atoms with Crippen LogP contribution in [0.4, 0.5) is 20.2 Å². The molecule has 0 atom stereocenters. The number of aryl methyl sites for hydroxylation is 1. The van der Waals surface area contributed by atoms with Gasteiger partial charge in [0.05, 0.1) is 16.9 Å². The van der Waals surface area contributed by atoms with E-state index in [4.69, 9.17) is 23.2 Å². The highest BCUT2D eigenvalue weighted by molar-refractivity contribution is 6.34. The highest BCUT2D eigenvalue weighted by Crippen LogP contribution is 2.32. The molecule has 5 nitrogen and oxygen atoms in total. The molecule has 33 heavy (non-hydrogen) atoms. The number of halogens is 4. The van der Waals surface area contributed by atoms with E-state index in [0.29, 0.717) is 25.9 Å². The van der Waals surface area contributed by atoms with Gasteiger partial charge in [-0.3, -0.25) is 9.59 Å². The van der Waals surface area contributed by atoms with Crippen LogP contribution in [-0.2, 0) is 7.05 Å². The monoisotopic (exact) mass is 491 g/mol. The van der Waals surface area contributed by atoms with E-state index in [1.807, 2.05) is 0 Å². The van der Waals surface area contributed by atoms with Gasteiger partial charge in [-0.05, 0) is 54.7 Å². The Labute approximate surface area is 199 Å². The van der Waals surface area contributed by atoms with E-state index in [2.05, 4.69) is 5.32 Å². The largest absolute Gasteiger partial charge is 0.351 e. The summed E-state index contributed by atoms with van der Waals surface area (Å²) in [7, 11) is 1.50. The molecule has 172 valence electrons. The predicted molar refractivity (Wildman–Crippen MR) is 126 cm³/mol. The highest BCUT2D eigenvalue weighted by Gasteiger charge is 2.28. The van der Waals surface area contributed by atoms with Gasteiger partial charge in [0.1, 0.15) is 16.7 Å². The maximum Gasteiger partial charge on any atom is 0.271 e. The maximum absolute atomic E-state index is 14.4. The van der Waals surface area contributed by atoms with Crippen LogP contribution in [-0.4, -0.2) is 28.5 Å². The molecule has 0 spiro atoms. The molecule has 2 aromatic carbocycles. The van der Waals surface area contributed by atoms with Crippen LogP contribution in [0.1, 0.15) is 34.7 Å². The molecule has 1 saturated heterocycles. The highest BCUT2D eigenvalue weighted by atomic mass is 35.5. The molecule has 0 saturated carbocycles. The summed E-state index contributed by atoms with van der Waals surface area (Å²) in [6.45, 7) is 0.964. The zero-order valence-electron chi connectivity index (χ0n) is 17.7. The number of benzene rings is 2. The Balaban J connectivity index is 1.59. The molecule has 1 amide bonds. The number of hydrogen-bond donors (Lipinski definition) is 1. The molecule has 1 N–H and O–H groups in total. The van der Waals surface area contributed by atoms with Gasteiger partial charge < -0.3 is 14.8 Å². The summed E-state index contributed by atoms with van der Waals surface area (Å²) >= 11 is 12.1. The summed E-state index contributed by atoms with van der Waals surface area (Å²) in [4.78, 5) is 27.5. The van der Waals surface area contributed by atoms with Crippen LogP contribution in [0, 0.1) is 11.6 Å². The molecule has 0 unspecified atom stereocenters. The van der Waals surface area contributed by atoms with Gasteiger partial charge in [-0.2, -0.15) is 0 Å². The number of rotatable bonds is 4. The molecule has 1 fully saturated rings. The third-order valence-electron chi connectivity index (χ3n) is 5.86. The first kappa shape index (κ1) is 23.3. The Morgan fingerprint density at radius 3 is 2.36 bits per heavy atom. The first-order valence-corrected chi connectivity index (χ1v) is 11.2. The summed E-state index contributed by atoms with van der Waals surface area (Å²) in [6.07, 6.45) is 2.83. The van der Waals surface area contributed by atoms with Crippen molar-refractivity contribution in [2.75, 3.05) is 18.4 Å². The summed E-state index contributed by atoms with van der Waals surface area (Å²) in [6, 6.07) is 10.4. The number of pyridine rings is 1. The minimum atomic E-state index is -0.641.